The van der Waals surface area contributed by atoms with Crippen molar-refractivity contribution < 1.29 is 4.52 Å². The summed E-state index contributed by atoms with van der Waals surface area (Å²) >= 11 is 3.44. The first-order valence-electron chi connectivity index (χ1n) is 4.31. The lowest BCUT2D eigenvalue weighted by Crippen LogP contribution is -2.43. The van der Waals surface area contributed by atoms with Crippen LogP contribution >= 0.6 is 15.9 Å². The molecule has 0 saturated carbocycles. The molecule has 0 saturated heterocycles. The Morgan fingerprint density at radius 2 is 2.20 bits per heavy atom. The molecule has 2 aromatic heterocycles. The van der Waals surface area contributed by atoms with Crippen molar-refractivity contribution in [3.63, 3.8) is 0 Å². The normalized spacial score (nSPS) is 10.3. The van der Waals surface area contributed by atoms with Crippen LogP contribution in [0.5, 0.6) is 0 Å². The molecular formula is C10H7BrN4. The van der Waals surface area contributed by atoms with Gasteiger partial charge in [0.1, 0.15) is 16.2 Å². The van der Waals surface area contributed by atoms with Crippen LogP contribution < -0.4 is 9.86 Å². The third kappa shape index (κ3) is 1.13. The van der Waals surface area contributed by atoms with Gasteiger partial charge in [-0.15, -0.1) is 4.52 Å². The summed E-state index contributed by atoms with van der Waals surface area (Å²) in [5.74, 6) is 2.08. The van der Waals surface area contributed by atoms with Crippen LogP contribution in [-0.2, 0) is 0 Å². The van der Waals surface area contributed by atoms with Crippen LogP contribution in [0, 0.1) is 25.2 Å². The highest BCUT2D eigenvalue weighted by Crippen LogP contribution is 2.18. The molecule has 0 unspecified atom stereocenters. The van der Waals surface area contributed by atoms with Crippen molar-refractivity contribution >= 4 is 21.8 Å². The molecule has 0 amide bonds. The summed E-state index contributed by atoms with van der Waals surface area (Å²) in [6.45, 7) is 3.80. The number of fused-ring (bicyclic) bond motifs is 1. The quantitative estimate of drug-likeness (QED) is 0.501. The summed E-state index contributed by atoms with van der Waals surface area (Å²) in [4.78, 5) is 0. The minimum absolute atomic E-state index is 0.470. The zero-order chi connectivity index (χ0) is 11.2. The van der Waals surface area contributed by atoms with E-state index in [1.54, 1.807) is 15.1 Å². The van der Waals surface area contributed by atoms with Crippen LogP contribution in [0.25, 0.3) is 5.41 Å². The minimum Gasteiger partial charge on any atom is -0.758 e. The fourth-order valence-electron chi connectivity index (χ4n) is 1.74. The highest BCUT2D eigenvalue weighted by molar-refractivity contribution is 9.10. The van der Waals surface area contributed by atoms with E-state index in [2.05, 4.69) is 27.9 Å². The average molecular weight is 263 g/mol. The first-order valence-corrected chi connectivity index (χ1v) is 5.10. The van der Waals surface area contributed by atoms with E-state index in [0.717, 1.165) is 15.9 Å². The monoisotopic (exact) mass is 262 g/mol. The van der Waals surface area contributed by atoms with Gasteiger partial charge in [-0.25, -0.2) is 0 Å². The zero-order valence-corrected chi connectivity index (χ0v) is 9.83. The Hall–Kier alpha value is -1.63. The summed E-state index contributed by atoms with van der Waals surface area (Å²) in [6.07, 6.45) is 0. The molecule has 5 heteroatoms. The molecule has 15 heavy (non-hydrogen) atoms. The van der Waals surface area contributed by atoms with E-state index in [-0.39, 0.29) is 0 Å². The molecule has 2 aromatic rings. The molecular weight excluding hydrogens is 256 g/mol. The summed E-state index contributed by atoms with van der Waals surface area (Å²) in [7, 11) is 0. The van der Waals surface area contributed by atoms with Gasteiger partial charge in [0.15, 0.2) is 5.69 Å². The van der Waals surface area contributed by atoms with Crippen molar-refractivity contribution in [2.45, 2.75) is 13.8 Å². The van der Waals surface area contributed by atoms with Crippen molar-refractivity contribution in [3.05, 3.63) is 38.4 Å². The number of nitrogens with zero attached hydrogens (tertiary/aromatic N) is 4. The van der Waals surface area contributed by atoms with Gasteiger partial charge in [-0.1, -0.05) is 4.52 Å². The minimum atomic E-state index is 0.470. The molecule has 0 aliphatic rings. The second kappa shape index (κ2) is 3.20. The Morgan fingerprint density at radius 1 is 1.53 bits per heavy atom. The third-order valence-corrected chi connectivity index (χ3v) is 3.58. The van der Waals surface area contributed by atoms with Crippen molar-refractivity contribution in [2.75, 3.05) is 0 Å². The molecule has 0 aliphatic heterocycles. The SMILES string of the molecule is Cc1c(Br)c(C)[n+]2c(=C=[N-])cc(C#N)n12. The summed E-state index contributed by atoms with van der Waals surface area (Å²) < 4.78 is 4.40. The van der Waals surface area contributed by atoms with E-state index in [4.69, 9.17) is 10.7 Å². The molecule has 0 spiro atoms. The lowest BCUT2D eigenvalue weighted by molar-refractivity contribution is -0.632. The second-order valence-corrected chi connectivity index (χ2v) is 4.04. The van der Waals surface area contributed by atoms with Crippen LogP contribution in [-0.4, -0.2) is 10.4 Å². The van der Waals surface area contributed by atoms with Crippen molar-refractivity contribution in [1.82, 2.24) is 4.52 Å². The van der Waals surface area contributed by atoms with Crippen molar-refractivity contribution in [2.24, 2.45) is 0 Å². The first kappa shape index (κ1) is 9.91. The van der Waals surface area contributed by atoms with Gasteiger partial charge in [0.2, 0.25) is 5.69 Å². The van der Waals surface area contributed by atoms with E-state index >= 15 is 0 Å². The van der Waals surface area contributed by atoms with Crippen LogP contribution in [0.15, 0.2) is 10.5 Å². The van der Waals surface area contributed by atoms with Gasteiger partial charge in [0.05, 0.1) is 6.07 Å². The summed E-state index contributed by atoms with van der Waals surface area (Å²) in [6, 6.07) is 3.67. The fraction of sp³-hybridized carbons (Fsp3) is 0.200. The van der Waals surface area contributed by atoms with Crippen molar-refractivity contribution in [1.29, 1.82) is 5.26 Å². The number of aryl methyl sites for hydroxylation is 2. The Labute approximate surface area is 94.7 Å². The molecule has 0 N–H and O–H groups in total. The lowest BCUT2D eigenvalue weighted by atomic mass is 10.3. The van der Waals surface area contributed by atoms with Crippen LogP contribution in [0.4, 0.5) is 0 Å². The summed E-state index contributed by atoms with van der Waals surface area (Å²) in [5, 5.41) is 18.4. The van der Waals surface area contributed by atoms with E-state index < -0.39 is 0 Å². The van der Waals surface area contributed by atoms with Gasteiger partial charge in [0.25, 0.3) is 5.35 Å². The third-order valence-electron chi connectivity index (χ3n) is 2.43. The topological polar surface area (TPSA) is 54.6 Å². The molecule has 0 radical (unpaired) electrons. The van der Waals surface area contributed by atoms with Crippen LogP contribution in [0.3, 0.4) is 0 Å². The predicted molar refractivity (Wildman–Crippen MR) is 57.6 cm³/mol. The zero-order valence-electron chi connectivity index (χ0n) is 8.24. The van der Waals surface area contributed by atoms with Gasteiger partial charge in [-0.2, -0.15) is 11.1 Å². The van der Waals surface area contributed by atoms with Crippen LogP contribution in [0.1, 0.15) is 17.1 Å². The van der Waals surface area contributed by atoms with Gasteiger partial charge in [-0.05, 0) is 22.9 Å². The van der Waals surface area contributed by atoms with E-state index in [0.29, 0.717) is 11.0 Å². The summed E-state index contributed by atoms with van der Waals surface area (Å²) in [5.41, 5.74) is 2.31. The fourth-order valence-corrected chi connectivity index (χ4v) is 2.07. The van der Waals surface area contributed by atoms with E-state index in [1.165, 1.54) is 0 Å². The van der Waals surface area contributed by atoms with Gasteiger partial charge in [0, 0.05) is 6.92 Å². The Balaban J connectivity index is 3.21. The van der Waals surface area contributed by atoms with E-state index in [9.17, 15) is 0 Å². The number of halogens is 1. The Kier molecular flexibility index (Phi) is 2.11. The molecule has 0 aliphatic carbocycles. The second-order valence-electron chi connectivity index (χ2n) is 3.25. The molecule has 2 heterocycles. The number of rotatable bonds is 0. The smallest absolute Gasteiger partial charge is 0.259 e. The largest absolute Gasteiger partial charge is 0.758 e. The maximum Gasteiger partial charge on any atom is 0.259 e. The Bertz CT molecular complexity index is 671. The van der Waals surface area contributed by atoms with Gasteiger partial charge >= 0.3 is 0 Å². The number of aromatic nitrogens is 2. The standard InChI is InChI=1S/C10H7BrN4/c1-6-10(11)7(2)15-9(5-13)3-8(4-12)14(6)15/h3H,1-2H3. The molecule has 0 bridgehead atoms. The lowest BCUT2D eigenvalue weighted by Gasteiger charge is -1.83. The highest BCUT2D eigenvalue weighted by atomic mass is 79.9. The maximum atomic E-state index is 8.96. The molecule has 0 fully saturated rings. The van der Waals surface area contributed by atoms with Gasteiger partial charge < -0.3 is 5.41 Å². The molecule has 0 atom stereocenters. The first-order chi connectivity index (χ1) is 7.11. The molecule has 2 rings (SSSR count). The Morgan fingerprint density at radius 3 is 2.73 bits per heavy atom. The highest BCUT2D eigenvalue weighted by Gasteiger charge is 2.23. The molecule has 4 nitrogen and oxygen atoms in total. The van der Waals surface area contributed by atoms with Crippen LogP contribution in [0.2, 0.25) is 0 Å². The number of hydrogen-bond donors (Lipinski definition) is 0. The number of nitriles is 1. The molecule has 0 aromatic carbocycles. The number of hydrogen-bond acceptors (Lipinski definition) is 1. The van der Waals surface area contributed by atoms with E-state index in [1.807, 2.05) is 13.8 Å². The average Bonchev–Trinajstić information content (AvgIpc) is 2.72. The molecule has 74 valence electrons. The van der Waals surface area contributed by atoms with Gasteiger partial charge in [-0.3, -0.25) is 0 Å². The van der Waals surface area contributed by atoms with Crippen molar-refractivity contribution in [3.8, 4) is 6.07 Å². The predicted octanol–water partition coefficient (Wildman–Crippen LogP) is 0.405. The maximum absolute atomic E-state index is 8.96.